The monoisotopic (exact) mass is 277 g/mol. The van der Waals surface area contributed by atoms with E-state index in [-0.39, 0.29) is 5.91 Å². The first-order valence-corrected chi connectivity index (χ1v) is 6.77. The third kappa shape index (κ3) is 2.89. The third-order valence-corrected chi connectivity index (χ3v) is 3.35. The molecule has 0 aliphatic rings. The van der Waals surface area contributed by atoms with Gasteiger partial charge in [0, 0.05) is 24.3 Å². The molecular formula is C17H15N3O. The molecule has 21 heavy (non-hydrogen) atoms. The van der Waals surface area contributed by atoms with Crippen LogP contribution in [0.3, 0.4) is 0 Å². The molecule has 4 nitrogen and oxygen atoms in total. The van der Waals surface area contributed by atoms with Crippen molar-refractivity contribution in [3.05, 3.63) is 71.7 Å². The van der Waals surface area contributed by atoms with Gasteiger partial charge in [0.15, 0.2) is 0 Å². The number of nitrogens with zero attached hydrogens (tertiary/aromatic N) is 2. The normalized spacial score (nSPS) is 10.5. The van der Waals surface area contributed by atoms with Gasteiger partial charge in [-0.25, -0.2) is 0 Å². The lowest BCUT2D eigenvalue weighted by atomic mass is 10.1. The zero-order chi connectivity index (χ0) is 14.7. The van der Waals surface area contributed by atoms with E-state index in [1.165, 1.54) is 0 Å². The molecule has 0 spiro atoms. The number of benzene rings is 1. The second kappa shape index (κ2) is 5.71. The van der Waals surface area contributed by atoms with Crippen molar-refractivity contribution in [2.24, 2.45) is 0 Å². The average molecular weight is 277 g/mol. The van der Waals surface area contributed by atoms with E-state index >= 15 is 0 Å². The number of aryl methyl sites for hydroxylation is 1. The summed E-state index contributed by atoms with van der Waals surface area (Å²) < 4.78 is 0. The van der Waals surface area contributed by atoms with E-state index in [9.17, 15) is 4.79 Å². The van der Waals surface area contributed by atoms with Gasteiger partial charge in [0.2, 0.25) is 0 Å². The Bertz CT molecular complexity index is 784. The lowest BCUT2D eigenvalue weighted by molar-refractivity contribution is 0.0950. The molecule has 1 N–H and O–H groups in total. The Balaban J connectivity index is 1.82. The highest BCUT2D eigenvalue weighted by atomic mass is 16.1. The number of rotatable bonds is 3. The summed E-state index contributed by atoms with van der Waals surface area (Å²) in [4.78, 5) is 20.8. The molecule has 4 heteroatoms. The topological polar surface area (TPSA) is 54.9 Å². The molecule has 0 saturated carbocycles. The zero-order valence-electron chi connectivity index (χ0n) is 11.7. The van der Waals surface area contributed by atoms with Crippen LogP contribution >= 0.6 is 0 Å². The summed E-state index contributed by atoms with van der Waals surface area (Å²) in [6, 6.07) is 13.5. The minimum Gasteiger partial charge on any atom is -0.348 e. The van der Waals surface area contributed by atoms with E-state index in [1.807, 2.05) is 49.4 Å². The molecule has 0 radical (unpaired) electrons. The van der Waals surface area contributed by atoms with E-state index < -0.39 is 0 Å². The zero-order valence-corrected chi connectivity index (χ0v) is 11.7. The Morgan fingerprint density at radius 2 is 2.00 bits per heavy atom. The van der Waals surface area contributed by atoms with Crippen molar-refractivity contribution in [2.45, 2.75) is 13.5 Å². The van der Waals surface area contributed by atoms with Gasteiger partial charge in [-0.2, -0.15) is 0 Å². The van der Waals surface area contributed by atoms with E-state index in [1.54, 1.807) is 12.4 Å². The molecule has 0 saturated heterocycles. The molecule has 1 amide bonds. The van der Waals surface area contributed by atoms with Crippen LogP contribution in [0.15, 0.2) is 54.9 Å². The van der Waals surface area contributed by atoms with Crippen molar-refractivity contribution >= 4 is 16.8 Å². The molecule has 0 aliphatic heterocycles. The van der Waals surface area contributed by atoms with Gasteiger partial charge < -0.3 is 5.32 Å². The second-order valence-electron chi connectivity index (χ2n) is 4.86. The van der Waals surface area contributed by atoms with Crippen molar-refractivity contribution in [1.29, 1.82) is 0 Å². The summed E-state index contributed by atoms with van der Waals surface area (Å²) in [6.07, 6.45) is 3.42. The highest BCUT2D eigenvalue weighted by Crippen LogP contribution is 2.15. The molecule has 2 aromatic heterocycles. The Morgan fingerprint density at radius 3 is 2.81 bits per heavy atom. The number of nitrogens with one attached hydrogen (secondary N) is 1. The standard InChI is InChI=1S/C17H15N3O/c1-12-15(9-14-11-18-8-7-16(14)20-12)17(21)19-10-13-5-3-2-4-6-13/h2-9,11H,10H2,1H3,(H,19,21). The number of aromatic nitrogens is 2. The van der Waals surface area contributed by atoms with Gasteiger partial charge in [-0.05, 0) is 24.6 Å². The maximum Gasteiger partial charge on any atom is 0.253 e. The van der Waals surface area contributed by atoms with E-state index in [2.05, 4.69) is 15.3 Å². The fraction of sp³-hybridized carbons (Fsp3) is 0.118. The van der Waals surface area contributed by atoms with Crippen LogP contribution in [0, 0.1) is 6.92 Å². The van der Waals surface area contributed by atoms with E-state index in [0.717, 1.165) is 22.2 Å². The Morgan fingerprint density at radius 1 is 1.19 bits per heavy atom. The van der Waals surface area contributed by atoms with Gasteiger partial charge >= 0.3 is 0 Å². The molecule has 0 bridgehead atoms. The summed E-state index contributed by atoms with van der Waals surface area (Å²) in [7, 11) is 0. The van der Waals surface area contributed by atoms with Crippen molar-refractivity contribution in [3.8, 4) is 0 Å². The number of amides is 1. The summed E-state index contributed by atoms with van der Waals surface area (Å²) in [5, 5.41) is 3.79. The first-order chi connectivity index (χ1) is 10.2. The molecular weight excluding hydrogens is 262 g/mol. The number of fused-ring (bicyclic) bond motifs is 1. The molecule has 3 aromatic rings. The predicted octanol–water partition coefficient (Wildman–Crippen LogP) is 2.87. The van der Waals surface area contributed by atoms with Crippen molar-refractivity contribution < 1.29 is 4.79 Å². The second-order valence-corrected chi connectivity index (χ2v) is 4.86. The van der Waals surface area contributed by atoms with E-state index in [4.69, 9.17) is 0 Å². The van der Waals surface area contributed by atoms with Crippen LogP contribution < -0.4 is 5.32 Å². The SMILES string of the molecule is Cc1nc2ccncc2cc1C(=O)NCc1ccccc1. The summed E-state index contributed by atoms with van der Waals surface area (Å²) in [5.74, 6) is -0.116. The molecule has 104 valence electrons. The number of hydrogen-bond donors (Lipinski definition) is 1. The maximum absolute atomic E-state index is 12.3. The van der Waals surface area contributed by atoms with Crippen LogP contribution in [0.25, 0.3) is 10.9 Å². The molecule has 2 heterocycles. The van der Waals surface area contributed by atoms with Gasteiger partial charge in [-0.15, -0.1) is 0 Å². The number of carbonyl (C=O) groups is 1. The van der Waals surface area contributed by atoms with Crippen molar-refractivity contribution in [2.75, 3.05) is 0 Å². The molecule has 0 atom stereocenters. The molecule has 1 aromatic carbocycles. The summed E-state index contributed by atoms with van der Waals surface area (Å²) >= 11 is 0. The van der Waals surface area contributed by atoms with Gasteiger partial charge in [0.1, 0.15) is 0 Å². The number of carbonyl (C=O) groups excluding carboxylic acids is 1. The summed E-state index contributed by atoms with van der Waals surface area (Å²) in [6.45, 7) is 2.35. The Hall–Kier alpha value is -2.75. The first kappa shape index (κ1) is 13.2. The minimum absolute atomic E-state index is 0.116. The molecule has 0 aliphatic carbocycles. The lowest BCUT2D eigenvalue weighted by Gasteiger charge is -2.08. The van der Waals surface area contributed by atoms with Crippen molar-refractivity contribution in [1.82, 2.24) is 15.3 Å². The van der Waals surface area contributed by atoms with E-state index in [0.29, 0.717) is 12.1 Å². The van der Waals surface area contributed by atoms with Gasteiger partial charge in [0.25, 0.3) is 5.91 Å². The largest absolute Gasteiger partial charge is 0.348 e. The fourth-order valence-corrected chi connectivity index (χ4v) is 2.22. The minimum atomic E-state index is -0.116. The van der Waals surface area contributed by atoms with Gasteiger partial charge in [-0.1, -0.05) is 30.3 Å². The smallest absolute Gasteiger partial charge is 0.253 e. The summed E-state index contributed by atoms with van der Waals surface area (Å²) in [5.41, 5.74) is 3.23. The Kier molecular flexibility index (Phi) is 3.60. The molecule has 0 unspecified atom stereocenters. The molecule has 3 rings (SSSR count). The highest BCUT2D eigenvalue weighted by Gasteiger charge is 2.11. The highest BCUT2D eigenvalue weighted by molar-refractivity contribution is 5.98. The maximum atomic E-state index is 12.3. The first-order valence-electron chi connectivity index (χ1n) is 6.77. The quantitative estimate of drug-likeness (QED) is 0.801. The number of pyridine rings is 2. The van der Waals surface area contributed by atoms with Gasteiger partial charge in [-0.3, -0.25) is 14.8 Å². The number of hydrogen-bond acceptors (Lipinski definition) is 3. The predicted molar refractivity (Wildman–Crippen MR) is 81.9 cm³/mol. The van der Waals surface area contributed by atoms with Crippen LogP contribution in [-0.4, -0.2) is 15.9 Å². The van der Waals surface area contributed by atoms with Crippen LogP contribution in [0.1, 0.15) is 21.6 Å². The fourth-order valence-electron chi connectivity index (χ4n) is 2.22. The average Bonchev–Trinajstić information content (AvgIpc) is 2.53. The van der Waals surface area contributed by atoms with Crippen molar-refractivity contribution in [3.63, 3.8) is 0 Å². The Labute approximate surface area is 122 Å². The van der Waals surface area contributed by atoms with Crippen LogP contribution in [-0.2, 0) is 6.54 Å². The molecule has 0 fully saturated rings. The lowest BCUT2D eigenvalue weighted by Crippen LogP contribution is -2.24. The van der Waals surface area contributed by atoms with Crippen LogP contribution in [0.2, 0.25) is 0 Å². The van der Waals surface area contributed by atoms with Crippen LogP contribution in [0.5, 0.6) is 0 Å². The van der Waals surface area contributed by atoms with Crippen LogP contribution in [0.4, 0.5) is 0 Å². The third-order valence-electron chi connectivity index (χ3n) is 3.35. The van der Waals surface area contributed by atoms with Gasteiger partial charge in [0.05, 0.1) is 16.8 Å².